The molecule has 35 heteroatoms. The average molecular weight is 2120 g/mol. The Morgan fingerprint density at radius 3 is 0.833 bits per heavy atom. The normalized spacial score (nSPS) is 32.1. The van der Waals surface area contributed by atoms with Gasteiger partial charge in [0.15, 0.2) is 0 Å². The molecule has 16 unspecified atom stereocenters. The number of alkyl halides is 3. The van der Waals surface area contributed by atoms with Gasteiger partial charge in [0, 0.05) is 62.7 Å². The number of fused-ring (bicyclic) bond motifs is 12. The van der Waals surface area contributed by atoms with Gasteiger partial charge in [0.25, 0.3) is 0 Å². The van der Waals surface area contributed by atoms with Gasteiger partial charge in [-0.1, -0.05) is 97.1 Å². The fourth-order valence-electron chi connectivity index (χ4n) is 33.9. The smallest absolute Gasteiger partial charge is 0.399 e. The highest BCUT2D eigenvalue weighted by atomic mass is 32.2. The van der Waals surface area contributed by atoms with Gasteiger partial charge in [0.2, 0.25) is 46.0 Å². The number of aromatic nitrogens is 8. The molecule has 1 amide bonds. The van der Waals surface area contributed by atoms with Crippen LogP contribution >= 0.6 is 0 Å². The predicted molar refractivity (Wildman–Crippen MR) is 556 cm³/mol. The summed E-state index contributed by atoms with van der Waals surface area (Å²) in [6.45, 7) is 1.42. The number of hydrogen-bond donors (Lipinski definition) is 10. The molecule has 16 bridgehead atoms. The summed E-state index contributed by atoms with van der Waals surface area (Å²) in [5, 5.41) is 49.3. The van der Waals surface area contributed by atoms with Crippen molar-refractivity contribution >= 4 is 57.4 Å². The van der Waals surface area contributed by atoms with Crippen molar-refractivity contribution in [2.75, 3.05) is 11.1 Å². The number of aliphatic hydroxyl groups excluding tert-OH is 4. The Hall–Kier alpha value is -10.9. The summed E-state index contributed by atoms with van der Waals surface area (Å²) in [6, 6.07) is 55.1. The summed E-state index contributed by atoms with van der Waals surface area (Å²) in [5.41, 5.74) is 18.1. The lowest BCUT2D eigenvalue weighted by molar-refractivity contribution is -0.137. The molecule has 16 saturated carbocycles. The van der Waals surface area contributed by atoms with Crippen molar-refractivity contribution in [1.29, 1.82) is 0 Å². The molecule has 4 aromatic heterocycles. The summed E-state index contributed by atoms with van der Waals surface area (Å²) in [4.78, 5) is 29.2. The molecule has 8 aromatic carbocycles. The summed E-state index contributed by atoms with van der Waals surface area (Å²) < 4.78 is 180. The van der Waals surface area contributed by atoms with E-state index in [0.717, 1.165) is 168 Å². The topological polar surface area (TPSA) is 392 Å². The second-order valence-electron chi connectivity index (χ2n) is 47.4. The minimum atomic E-state index is -4.52. The van der Waals surface area contributed by atoms with E-state index in [1.54, 1.807) is 48.5 Å². The molecule has 16 fully saturated rings. The molecule has 150 heavy (non-hydrogen) atoms. The Bertz CT molecular complexity index is 7400. The van der Waals surface area contributed by atoms with Gasteiger partial charge in [-0.05, 0) is 368 Å². The molecule has 8 heterocycles. The van der Waals surface area contributed by atoms with Crippen LogP contribution in [0.25, 0.3) is 45.0 Å². The molecule has 0 spiro atoms. The van der Waals surface area contributed by atoms with E-state index in [1.165, 1.54) is 70.1 Å². The van der Waals surface area contributed by atoms with Gasteiger partial charge in [-0.3, -0.25) is 4.79 Å². The van der Waals surface area contributed by atoms with Crippen LogP contribution in [-0.2, 0) is 51.1 Å². The van der Waals surface area contributed by atoms with Crippen LogP contribution in [0.4, 0.5) is 28.9 Å². The van der Waals surface area contributed by atoms with Crippen molar-refractivity contribution in [2.45, 2.75) is 258 Å². The first-order chi connectivity index (χ1) is 71.9. The molecular weight excluding hydrogens is 1990 g/mol. The minimum absolute atomic E-state index is 0.0121. The monoisotopic (exact) mass is 2110 g/mol. The minimum Gasteiger partial charge on any atom is -0.399 e. The van der Waals surface area contributed by atoms with Crippen LogP contribution in [0, 0.1) is 101 Å². The van der Waals surface area contributed by atoms with E-state index in [-0.39, 0.29) is 85.2 Å². The van der Waals surface area contributed by atoms with Gasteiger partial charge in [-0.15, -0.1) is 0 Å². The number of aliphatic hydroxyl groups is 4. The second kappa shape index (κ2) is 37.5. The van der Waals surface area contributed by atoms with Crippen LogP contribution < -0.4 is 29.9 Å². The zero-order chi connectivity index (χ0) is 103. The summed E-state index contributed by atoms with van der Waals surface area (Å²) in [6.07, 6.45) is 28.7. The molecule has 16 aliphatic carbocycles. The lowest BCUT2D eigenvalue weighted by Crippen LogP contribution is -2.63. The lowest BCUT2D eigenvalue weighted by atomic mass is 9.48. The third kappa shape index (κ3) is 18.0. The van der Waals surface area contributed by atoms with Gasteiger partial charge in [0.05, 0.1) is 147 Å². The Morgan fingerprint density at radius 1 is 0.353 bits per heavy atom. The number of nitrogens with one attached hydrogen (secondary N) is 5. The van der Waals surface area contributed by atoms with Crippen LogP contribution in [0.5, 0.6) is 0 Å². The summed E-state index contributed by atoms with van der Waals surface area (Å²) >= 11 is 0. The van der Waals surface area contributed by atoms with E-state index in [1.807, 2.05) is 74.4 Å². The fraction of sp³-hybridized carbons (Fsp3) is 0.470. The van der Waals surface area contributed by atoms with Crippen LogP contribution in [0.15, 0.2) is 264 Å². The quantitative estimate of drug-likeness (QED) is 0.0188. The van der Waals surface area contributed by atoms with Gasteiger partial charge in [-0.2, -0.15) is 13.2 Å². The largest absolute Gasteiger partial charge is 0.416 e. The van der Waals surface area contributed by atoms with E-state index in [2.05, 4.69) is 135 Å². The van der Waals surface area contributed by atoms with Crippen LogP contribution in [0.1, 0.15) is 213 Å². The Morgan fingerprint density at radius 2 is 0.587 bits per heavy atom. The Labute approximate surface area is 871 Å². The maximum absolute atomic E-state index is 13.4. The number of amides is 1. The number of nitrogens with two attached hydrogens (primary N) is 1. The predicted octanol–water partition coefficient (Wildman–Crippen LogP) is 18.2. The van der Waals surface area contributed by atoms with Crippen molar-refractivity contribution in [3.8, 4) is 45.0 Å². The van der Waals surface area contributed by atoms with Gasteiger partial charge in [0.1, 0.15) is 5.82 Å². The van der Waals surface area contributed by atoms with Gasteiger partial charge < -0.3 is 49.7 Å². The molecule has 16 atom stereocenters. The zero-order valence-corrected chi connectivity index (χ0v) is 86.4. The van der Waals surface area contributed by atoms with Gasteiger partial charge >= 0.3 is 6.18 Å². The van der Waals surface area contributed by atoms with E-state index in [4.69, 9.17) is 5.73 Å². The zero-order valence-electron chi connectivity index (χ0n) is 83.2. The number of benzene rings is 8. The second-order valence-corrected chi connectivity index (χ2v) is 54.1. The molecule has 0 radical (unpaired) electrons. The van der Waals surface area contributed by atoms with Crippen LogP contribution in [-0.4, -0.2) is 145 Å². The van der Waals surface area contributed by atoms with Crippen molar-refractivity contribution in [2.24, 2.45) is 94.7 Å². The maximum atomic E-state index is 13.4. The van der Waals surface area contributed by atoms with E-state index in [9.17, 15) is 76.5 Å². The van der Waals surface area contributed by atoms with Crippen molar-refractivity contribution < 1.29 is 76.5 Å². The molecular formula is C115H126F4N14O13S4. The Balaban J connectivity index is 0.000000104. The molecule has 0 saturated heterocycles. The summed E-state index contributed by atoms with van der Waals surface area (Å²) in [7, 11) is -15.1. The molecule has 12 aromatic rings. The first-order valence-electron chi connectivity index (χ1n) is 53.4. The third-order valence-electron chi connectivity index (χ3n) is 38.1. The Kier molecular flexibility index (Phi) is 24.9. The number of sulfonamides is 4. The standard InChI is InChI=1S/C30H34N4O4S.C29H30F3N3O3S.C28H30FN3O3S.C28H32N4O3S/c1-18(35)32-22-6-8-23(9-7-22)39(37,38)33-30-13-19-10-20(14-30)29(21(11-19)15-30)28(36)12-26-24-4-2-3-5-25(24)27-16-31-17-34(26)27;30-29(31,32)20-5-7-21(8-6-20)39(37,38)34-28-12-17-9-18(13-28)27(19(10-17)14-28)26(36)11-24-22-3-1-2-4-23(22)25-15-33-16-35(24)25;2*29-20-5-7-21(8-6-20)36(34,35)31-28-12-17-9-18(13-28)27(19(10-17)14-28)26(33)11-24-22-3-1-2-4-23(22)25-15-30-16-32(24)25/h2-9,16-17,19-21,26,28-29,33,36H,10-15H2,1H3,(H,32,35);1-8,15-19,24,26-27,34,36H,9-14H2;1-8,15-19,24,26-27,31,33H,9-14H2;1-8,15-19,24,26-27,31,33H,9-14,29H2. The summed E-state index contributed by atoms with van der Waals surface area (Å²) in [5.74, 6) is 4.11. The van der Waals surface area contributed by atoms with Crippen molar-refractivity contribution in [3.05, 3.63) is 278 Å². The number of rotatable bonds is 25. The molecule has 32 rings (SSSR count). The van der Waals surface area contributed by atoms with Crippen LogP contribution in [0.2, 0.25) is 0 Å². The SMILES string of the molecule is CC(=O)Nc1ccc(S(=O)(=O)NC23CC4CC(C2)C(C(O)CC2c5ccccc5-c5cncn52)C(C4)C3)cc1.Nc1ccc(S(=O)(=O)NC23CC4CC(C2)C(C(O)CC2c5ccccc5-c5cncn52)C(C4)C3)cc1.O=S(=O)(NC12CC3CC(C1)C(C(O)CC1c4ccccc4-c4cncn41)C(C3)C2)c1ccc(C(F)(F)F)cc1.O=S(=O)(NC12CC3CC(C1)C(C(O)CC1c4ccccc4-c4cncn41)C(C3)C2)c1ccc(F)cc1. The number of nitrogens with zero attached hydrogens (tertiary/aromatic N) is 8. The molecule has 11 N–H and O–H groups in total. The number of hydrogen-bond acceptors (Lipinski definition) is 18. The molecule has 20 aliphatic rings. The molecule has 786 valence electrons. The number of halogens is 4. The first-order valence-corrected chi connectivity index (χ1v) is 59.3. The number of carbonyl (C=O) groups excluding carboxylic acids is 1. The lowest BCUT2D eigenvalue weighted by Gasteiger charge is -2.61. The number of imidazole rings is 4. The number of nitrogen functional groups attached to an aromatic ring is 1. The fourth-order valence-corrected chi connectivity index (χ4v) is 39.6. The molecule has 4 aliphatic heterocycles. The van der Waals surface area contributed by atoms with Crippen molar-refractivity contribution in [3.63, 3.8) is 0 Å². The van der Waals surface area contributed by atoms with E-state index >= 15 is 0 Å². The third-order valence-corrected chi connectivity index (χ3v) is 44.5. The number of anilines is 2. The van der Waals surface area contributed by atoms with Crippen molar-refractivity contribution in [1.82, 2.24) is 57.1 Å². The van der Waals surface area contributed by atoms with Crippen LogP contribution in [0.3, 0.4) is 0 Å². The van der Waals surface area contributed by atoms with Gasteiger partial charge in [-0.25, -0.2) is 76.9 Å². The van der Waals surface area contributed by atoms with E-state index < -0.39 is 104 Å². The average Bonchev–Trinajstić information content (AvgIpc) is 0.969. The maximum Gasteiger partial charge on any atom is 0.416 e. The highest BCUT2D eigenvalue weighted by Crippen LogP contribution is 2.66. The molecule has 27 nitrogen and oxygen atoms in total. The van der Waals surface area contributed by atoms with E-state index in [0.29, 0.717) is 109 Å². The highest BCUT2D eigenvalue weighted by Gasteiger charge is 2.64. The highest BCUT2D eigenvalue weighted by molar-refractivity contribution is 7.90. The first kappa shape index (κ1) is 99.7. The number of carbonyl (C=O) groups is 1.